The van der Waals surface area contributed by atoms with Crippen LogP contribution in [0.2, 0.25) is 0 Å². The van der Waals surface area contributed by atoms with Crippen molar-refractivity contribution in [1.29, 1.82) is 0 Å². The van der Waals surface area contributed by atoms with Crippen molar-refractivity contribution in [2.75, 3.05) is 17.2 Å². The number of rotatable bonds is 10. The van der Waals surface area contributed by atoms with Crippen LogP contribution in [0.4, 0.5) is 17.1 Å². The Labute approximate surface area is 147 Å². The number of para-hydroxylation sites is 1. The number of nitrogen functional groups attached to an aromatic ring is 1. The van der Waals surface area contributed by atoms with E-state index in [9.17, 15) is 0 Å². The average molecular weight is 325 g/mol. The first kappa shape index (κ1) is 18.4. The molecule has 130 valence electrons. The van der Waals surface area contributed by atoms with E-state index in [4.69, 9.17) is 5.73 Å². The summed E-state index contributed by atoms with van der Waals surface area (Å²) >= 11 is 0. The molecule has 0 amide bonds. The number of aryl methyl sites for hydroxylation is 1. The molecule has 0 unspecified atom stereocenters. The summed E-state index contributed by atoms with van der Waals surface area (Å²) in [6.07, 6.45) is 8.51. The van der Waals surface area contributed by atoms with Gasteiger partial charge in [-0.05, 0) is 55.2 Å². The molecule has 2 nitrogen and oxygen atoms in total. The Morgan fingerprint density at radius 2 is 1.50 bits per heavy atom. The fourth-order valence-corrected chi connectivity index (χ4v) is 3.08. The third kappa shape index (κ3) is 5.30. The molecule has 0 heterocycles. The van der Waals surface area contributed by atoms with Gasteiger partial charge in [0.05, 0.1) is 0 Å². The van der Waals surface area contributed by atoms with Crippen LogP contribution in [-0.4, -0.2) is 6.54 Å². The quantitative estimate of drug-likeness (QED) is 0.409. The number of anilines is 3. The van der Waals surface area contributed by atoms with Gasteiger partial charge in [-0.15, -0.1) is 0 Å². The Balaban J connectivity index is 2.23. The molecule has 0 aliphatic rings. The highest BCUT2D eigenvalue weighted by molar-refractivity contribution is 5.67. The Morgan fingerprint density at radius 3 is 2.21 bits per heavy atom. The molecule has 2 rings (SSSR count). The van der Waals surface area contributed by atoms with Crippen LogP contribution in [0.15, 0.2) is 48.5 Å². The lowest BCUT2D eigenvalue weighted by Gasteiger charge is -2.26. The second kappa shape index (κ2) is 10.0. The van der Waals surface area contributed by atoms with Crippen LogP contribution >= 0.6 is 0 Å². The summed E-state index contributed by atoms with van der Waals surface area (Å²) in [5.74, 6) is 0. The van der Waals surface area contributed by atoms with Gasteiger partial charge in [0.1, 0.15) is 0 Å². The highest BCUT2D eigenvalue weighted by Gasteiger charge is 2.11. The predicted octanol–water partition coefficient (Wildman–Crippen LogP) is 6.33. The van der Waals surface area contributed by atoms with Gasteiger partial charge in [-0.2, -0.15) is 0 Å². The van der Waals surface area contributed by atoms with Crippen molar-refractivity contribution in [3.63, 3.8) is 0 Å². The van der Waals surface area contributed by atoms with Crippen LogP contribution in [0.1, 0.15) is 57.9 Å². The number of hydrogen-bond acceptors (Lipinski definition) is 2. The maximum Gasteiger partial charge on any atom is 0.0414 e. The molecule has 0 radical (unpaired) electrons. The summed E-state index contributed by atoms with van der Waals surface area (Å²) in [6.45, 7) is 5.54. The van der Waals surface area contributed by atoms with E-state index < -0.39 is 0 Å². The molecule has 0 aliphatic heterocycles. The van der Waals surface area contributed by atoms with Crippen molar-refractivity contribution in [2.24, 2.45) is 0 Å². The minimum absolute atomic E-state index is 0.927. The van der Waals surface area contributed by atoms with E-state index in [2.05, 4.69) is 67.3 Å². The van der Waals surface area contributed by atoms with Gasteiger partial charge in [0.2, 0.25) is 0 Å². The topological polar surface area (TPSA) is 29.3 Å². The molecule has 0 spiro atoms. The van der Waals surface area contributed by atoms with Crippen LogP contribution in [0, 0.1) is 0 Å². The zero-order valence-electron chi connectivity index (χ0n) is 15.3. The number of nitrogens with two attached hydrogens (primary N) is 1. The molecule has 24 heavy (non-hydrogen) atoms. The molecule has 2 aromatic carbocycles. The van der Waals surface area contributed by atoms with Crippen molar-refractivity contribution >= 4 is 17.1 Å². The van der Waals surface area contributed by atoms with Crippen molar-refractivity contribution < 1.29 is 0 Å². The van der Waals surface area contributed by atoms with Gasteiger partial charge in [-0.25, -0.2) is 0 Å². The van der Waals surface area contributed by atoms with Gasteiger partial charge in [0, 0.05) is 23.6 Å². The van der Waals surface area contributed by atoms with Gasteiger partial charge in [-0.1, -0.05) is 57.7 Å². The lowest BCUT2D eigenvalue weighted by atomic mass is 10.0. The highest BCUT2D eigenvalue weighted by atomic mass is 15.1. The fraction of sp³-hybridized carbons (Fsp3) is 0.455. The van der Waals surface area contributed by atoms with E-state index in [0.717, 1.165) is 18.7 Å². The number of benzene rings is 2. The molecule has 0 fully saturated rings. The fourth-order valence-electron chi connectivity index (χ4n) is 3.08. The Kier molecular flexibility index (Phi) is 7.67. The van der Waals surface area contributed by atoms with Gasteiger partial charge in [0.25, 0.3) is 0 Å². The monoisotopic (exact) mass is 324 g/mol. The van der Waals surface area contributed by atoms with Crippen LogP contribution in [0.25, 0.3) is 0 Å². The van der Waals surface area contributed by atoms with E-state index in [1.165, 1.54) is 55.5 Å². The number of unbranched alkanes of at least 4 members (excludes halogenated alkanes) is 4. The summed E-state index contributed by atoms with van der Waals surface area (Å²) in [5, 5.41) is 0. The molecule has 0 saturated carbocycles. The number of nitrogens with zero attached hydrogens (tertiary/aromatic N) is 1. The first-order chi connectivity index (χ1) is 11.8. The summed E-state index contributed by atoms with van der Waals surface area (Å²) in [4.78, 5) is 2.43. The van der Waals surface area contributed by atoms with Crippen LogP contribution in [-0.2, 0) is 6.42 Å². The largest absolute Gasteiger partial charge is 0.399 e. The summed E-state index contributed by atoms with van der Waals surface area (Å²) in [6, 6.07) is 17.2. The van der Waals surface area contributed by atoms with Crippen molar-refractivity contribution in [1.82, 2.24) is 0 Å². The molecule has 0 atom stereocenters. The summed E-state index contributed by atoms with van der Waals surface area (Å²) in [7, 11) is 0. The van der Waals surface area contributed by atoms with Gasteiger partial charge in [-0.3, -0.25) is 0 Å². The summed E-state index contributed by atoms with van der Waals surface area (Å²) in [5.41, 5.74) is 11.0. The first-order valence-electron chi connectivity index (χ1n) is 9.47. The van der Waals surface area contributed by atoms with E-state index in [0.29, 0.717) is 0 Å². The van der Waals surface area contributed by atoms with Crippen molar-refractivity contribution in [3.8, 4) is 0 Å². The molecule has 2 N–H and O–H groups in total. The third-order valence-electron chi connectivity index (χ3n) is 4.54. The molecule has 0 bridgehead atoms. The van der Waals surface area contributed by atoms with Crippen LogP contribution in [0.5, 0.6) is 0 Å². The van der Waals surface area contributed by atoms with Crippen molar-refractivity contribution in [2.45, 2.75) is 58.8 Å². The first-order valence-corrected chi connectivity index (χ1v) is 9.47. The molecule has 2 aromatic rings. The lowest BCUT2D eigenvalue weighted by Crippen LogP contribution is -2.18. The Hall–Kier alpha value is -1.96. The van der Waals surface area contributed by atoms with Gasteiger partial charge < -0.3 is 10.6 Å². The minimum Gasteiger partial charge on any atom is -0.399 e. The molecule has 0 aromatic heterocycles. The maximum absolute atomic E-state index is 6.21. The predicted molar refractivity (Wildman–Crippen MR) is 107 cm³/mol. The minimum atomic E-state index is 0.927. The number of hydrogen-bond donors (Lipinski definition) is 1. The lowest BCUT2D eigenvalue weighted by molar-refractivity contribution is 0.712. The second-order valence-electron chi connectivity index (χ2n) is 6.53. The van der Waals surface area contributed by atoms with E-state index in [1.54, 1.807) is 0 Å². The van der Waals surface area contributed by atoms with Crippen LogP contribution in [0.3, 0.4) is 0 Å². The molecular weight excluding hydrogens is 292 g/mol. The maximum atomic E-state index is 6.21. The highest BCUT2D eigenvalue weighted by Crippen LogP contribution is 2.29. The zero-order chi connectivity index (χ0) is 17.2. The van der Waals surface area contributed by atoms with E-state index >= 15 is 0 Å². The van der Waals surface area contributed by atoms with Gasteiger partial charge in [0.15, 0.2) is 0 Å². The summed E-state index contributed by atoms with van der Waals surface area (Å²) < 4.78 is 0. The Bertz CT molecular complexity index is 592. The second-order valence-corrected chi connectivity index (χ2v) is 6.53. The molecule has 0 aliphatic carbocycles. The van der Waals surface area contributed by atoms with Crippen molar-refractivity contribution in [3.05, 3.63) is 54.1 Å². The third-order valence-corrected chi connectivity index (χ3v) is 4.54. The normalized spacial score (nSPS) is 10.8. The Morgan fingerprint density at radius 1 is 0.792 bits per heavy atom. The van der Waals surface area contributed by atoms with E-state index in [1.807, 2.05) is 0 Å². The smallest absolute Gasteiger partial charge is 0.0414 e. The van der Waals surface area contributed by atoms with E-state index in [-0.39, 0.29) is 0 Å². The molecule has 0 saturated heterocycles. The van der Waals surface area contributed by atoms with Gasteiger partial charge >= 0.3 is 0 Å². The van der Waals surface area contributed by atoms with Crippen LogP contribution < -0.4 is 10.6 Å². The SMILES string of the molecule is CCCCCc1cc(N(CCCCC)c2ccccc2)ccc1N. The molecule has 2 heteroatoms. The average Bonchev–Trinajstić information content (AvgIpc) is 2.62. The molecular formula is C22H32N2. The zero-order valence-corrected chi connectivity index (χ0v) is 15.3. The standard InChI is InChI=1S/C22H32N2/c1-3-5-8-12-19-18-21(15-16-22(19)23)24(17-11-6-4-2)20-13-9-7-10-14-20/h7,9-10,13-16,18H,3-6,8,11-12,17,23H2,1-2H3.